The molecule has 4 rings (SSSR count). The third-order valence-corrected chi connectivity index (χ3v) is 4.60. The molecule has 16 heavy (non-hydrogen) atoms. The molecule has 3 aliphatic heterocycles. The Morgan fingerprint density at radius 3 is 3.31 bits per heavy atom. The number of rotatable bonds is 0. The predicted octanol–water partition coefficient (Wildman–Crippen LogP) is 1.76. The highest BCUT2D eigenvalue weighted by molar-refractivity contribution is 5.66. The highest BCUT2D eigenvalue weighted by atomic mass is 15.2. The van der Waals surface area contributed by atoms with Gasteiger partial charge in [-0.3, -0.25) is 0 Å². The summed E-state index contributed by atoms with van der Waals surface area (Å²) >= 11 is 0. The molecule has 2 atom stereocenters. The van der Waals surface area contributed by atoms with Gasteiger partial charge in [0.25, 0.3) is 0 Å². The molecule has 2 heteroatoms. The van der Waals surface area contributed by atoms with E-state index in [9.17, 15) is 0 Å². The fourth-order valence-electron chi connectivity index (χ4n) is 3.83. The van der Waals surface area contributed by atoms with Crippen molar-refractivity contribution in [2.75, 3.05) is 31.1 Å². The lowest BCUT2D eigenvalue weighted by Gasteiger charge is -2.42. The van der Waals surface area contributed by atoms with Gasteiger partial charge in [-0.15, -0.1) is 0 Å². The molecule has 3 heterocycles. The fourth-order valence-corrected chi connectivity index (χ4v) is 3.83. The van der Waals surface area contributed by atoms with Crippen molar-refractivity contribution in [3.05, 3.63) is 29.3 Å². The van der Waals surface area contributed by atoms with Gasteiger partial charge in [0.05, 0.1) is 0 Å². The van der Waals surface area contributed by atoms with Crippen LogP contribution in [0.15, 0.2) is 18.2 Å². The van der Waals surface area contributed by atoms with Crippen molar-refractivity contribution in [2.45, 2.75) is 18.8 Å². The number of hydrogen-bond donors (Lipinski definition) is 1. The van der Waals surface area contributed by atoms with E-state index in [1.54, 1.807) is 16.8 Å². The third-order valence-electron chi connectivity index (χ3n) is 4.60. The largest absolute Gasteiger partial charge is 0.370 e. The molecule has 0 unspecified atom stereocenters. The molecule has 2 nitrogen and oxygen atoms in total. The lowest BCUT2D eigenvalue weighted by Crippen LogP contribution is -2.44. The monoisotopic (exact) mass is 214 g/mol. The van der Waals surface area contributed by atoms with Crippen molar-refractivity contribution in [1.82, 2.24) is 5.32 Å². The zero-order valence-electron chi connectivity index (χ0n) is 9.58. The van der Waals surface area contributed by atoms with E-state index in [0.29, 0.717) is 0 Å². The summed E-state index contributed by atoms with van der Waals surface area (Å²) < 4.78 is 0. The van der Waals surface area contributed by atoms with Crippen molar-refractivity contribution in [3.8, 4) is 0 Å². The highest BCUT2D eigenvalue weighted by Gasteiger charge is 2.37. The van der Waals surface area contributed by atoms with Crippen LogP contribution in [0.3, 0.4) is 0 Å². The van der Waals surface area contributed by atoms with Gasteiger partial charge >= 0.3 is 0 Å². The molecule has 0 bridgehead atoms. The van der Waals surface area contributed by atoms with E-state index in [0.717, 1.165) is 11.8 Å². The SMILES string of the molecule is c1cc2c3c(c1)[C@@H]1CNCC[C@@H]1CN3CC2. The molecule has 84 valence electrons. The maximum atomic E-state index is 3.56. The summed E-state index contributed by atoms with van der Waals surface area (Å²) in [6.45, 7) is 4.96. The number of fused-ring (bicyclic) bond motifs is 2. The van der Waals surface area contributed by atoms with Crippen molar-refractivity contribution in [2.24, 2.45) is 5.92 Å². The third kappa shape index (κ3) is 1.11. The minimum absolute atomic E-state index is 0.776. The quantitative estimate of drug-likeness (QED) is 0.708. The average Bonchev–Trinajstić information content (AvgIpc) is 2.75. The summed E-state index contributed by atoms with van der Waals surface area (Å²) in [6.07, 6.45) is 2.61. The summed E-state index contributed by atoms with van der Waals surface area (Å²) in [6, 6.07) is 6.94. The van der Waals surface area contributed by atoms with Gasteiger partial charge in [-0.25, -0.2) is 0 Å². The number of nitrogens with one attached hydrogen (secondary N) is 1. The van der Waals surface area contributed by atoms with Gasteiger partial charge in [-0.2, -0.15) is 0 Å². The number of anilines is 1. The summed E-state index contributed by atoms with van der Waals surface area (Å²) in [5, 5.41) is 3.56. The average molecular weight is 214 g/mol. The van der Waals surface area contributed by atoms with Crippen LogP contribution in [0.2, 0.25) is 0 Å². The molecule has 0 radical (unpaired) electrons. The first-order chi connectivity index (χ1) is 7.93. The second-order valence-electron chi connectivity index (χ2n) is 5.41. The molecule has 1 aromatic rings. The van der Waals surface area contributed by atoms with E-state index < -0.39 is 0 Å². The van der Waals surface area contributed by atoms with Crippen molar-refractivity contribution in [3.63, 3.8) is 0 Å². The Morgan fingerprint density at radius 2 is 2.31 bits per heavy atom. The first kappa shape index (κ1) is 9.06. The van der Waals surface area contributed by atoms with Crippen LogP contribution < -0.4 is 10.2 Å². The van der Waals surface area contributed by atoms with Crippen LogP contribution in [-0.2, 0) is 6.42 Å². The van der Waals surface area contributed by atoms with Gasteiger partial charge in [-0.1, -0.05) is 18.2 Å². The molecule has 0 aromatic heterocycles. The second-order valence-corrected chi connectivity index (χ2v) is 5.41. The molecule has 1 fully saturated rings. The molecular weight excluding hydrogens is 196 g/mol. The molecule has 1 saturated heterocycles. The number of hydrogen-bond acceptors (Lipinski definition) is 2. The number of piperidine rings is 1. The smallest absolute Gasteiger partial charge is 0.0435 e. The van der Waals surface area contributed by atoms with E-state index in [1.807, 2.05) is 0 Å². The minimum Gasteiger partial charge on any atom is -0.370 e. The van der Waals surface area contributed by atoms with Crippen molar-refractivity contribution in [1.29, 1.82) is 0 Å². The predicted molar refractivity (Wildman–Crippen MR) is 66.1 cm³/mol. The molecule has 1 aromatic carbocycles. The topological polar surface area (TPSA) is 15.3 Å². The molecule has 0 amide bonds. The van der Waals surface area contributed by atoms with E-state index in [2.05, 4.69) is 28.4 Å². The van der Waals surface area contributed by atoms with Gasteiger partial charge < -0.3 is 10.2 Å². The fraction of sp³-hybridized carbons (Fsp3) is 0.571. The number of benzene rings is 1. The minimum atomic E-state index is 0.776. The van der Waals surface area contributed by atoms with E-state index >= 15 is 0 Å². The van der Waals surface area contributed by atoms with Crippen LogP contribution in [0.5, 0.6) is 0 Å². The maximum Gasteiger partial charge on any atom is 0.0435 e. The van der Waals surface area contributed by atoms with Crippen LogP contribution in [-0.4, -0.2) is 26.2 Å². The Kier molecular flexibility index (Phi) is 1.83. The molecule has 1 N–H and O–H groups in total. The molecule has 0 aliphatic carbocycles. The first-order valence-corrected chi connectivity index (χ1v) is 6.51. The highest BCUT2D eigenvalue weighted by Crippen LogP contribution is 2.45. The molecule has 3 aliphatic rings. The van der Waals surface area contributed by atoms with Gasteiger partial charge in [0.1, 0.15) is 0 Å². The van der Waals surface area contributed by atoms with E-state index in [1.165, 1.54) is 39.0 Å². The zero-order chi connectivity index (χ0) is 10.5. The Labute approximate surface area is 96.6 Å². The molecule has 0 spiro atoms. The van der Waals surface area contributed by atoms with Crippen molar-refractivity contribution < 1.29 is 0 Å². The van der Waals surface area contributed by atoms with Crippen LogP contribution >= 0.6 is 0 Å². The second kappa shape index (κ2) is 3.24. The van der Waals surface area contributed by atoms with Gasteiger partial charge in [-0.05, 0) is 36.4 Å². The van der Waals surface area contributed by atoms with Crippen LogP contribution in [0, 0.1) is 5.92 Å². The standard InChI is InChI=1S/C14H18N2/c1-2-10-5-7-16-9-11-4-6-15-8-13(11)12(3-1)14(10)16/h1-3,11,13,15H,4-9H2/t11-,13-/m1/s1. The van der Waals surface area contributed by atoms with Gasteiger partial charge in [0.15, 0.2) is 0 Å². The normalized spacial score (nSPS) is 31.1. The summed E-state index contributed by atoms with van der Waals surface area (Å²) in [4.78, 5) is 2.64. The number of nitrogens with zero attached hydrogens (tertiary/aromatic N) is 1. The Hall–Kier alpha value is -1.02. The summed E-state index contributed by atoms with van der Waals surface area (Å²) in [5.41, 5.74) is 4.80. The Bertz CT molecular complexity index is 427. The van der Waals surface area contributed by atoms with E-state index in [-0.39, 0.29) is 0 Å². The summed E-state index contributed by atoms with van der Waals surface area (Å²) in [7, 11) is 0. The first-order valence-electron chi connectivity index (χ1n) is 6.51. The van der Waals surface area contributed by atoms with Crippen LogP contribution in [0.25, 0.3) is 0 Å². The van der Waals surface area contributed by atoms with Gasteiger partial charge in [0.2, 0.25) is 0 Å². The Balaban J connectivity index is 1.86. The Morgan fingerprint density at radius 1 is 1.31 bits per heavy atom. The summed E-state index contributed by atoms with van der Waals surface area (Å²) in [5.74, 6) is 1.67. The number of para-hydroxylation sites is 1. The lowest BCUT2D eigenvalue weighted by atomic mass is 9.77. The molecular formula is C14H18N2. The van der Waals surface area contributed by atoms with Gasteiger partial charge in [0, 0.05) is 31.2 Å². The van der Waals surface area contributed by atoms with Crippen molar-refractivity contribution >= 4 is 5.69 Å². The molecule has 0 saturated carbocycles. The van der Waals surface area contributed by atoms with Crippen LogP contribution in [0.4, 0.5) is 5.69 Å². The van der Waals surface area contributed by atoms with Crippen LogP contribution in [0.1, 0.15) is 23.5 Å². The lowest BCUT2D eigenvalue weighted by molar-refractivity contribution is 0.315. The van der Waals surface area contributed by atoms with E-state index in [4.69, 9.17) is 0 Å². The maximum absolute atomic E-state index is 3.56. The zero-order valence-corrected chi connectivity index (χ0v) is 9.58.